The fourth-order valence-electron chi connectivity index (χ4n) is 1.39. The smallest absolute Gasteiger partial charge is 0.480 e. The molecule has 1 atom stereocenters. The van der Waals surface area contributed by atoms with Crippen LogP contribution < -0.4 is 4.74 Å². The minimum absolute atomic E-state index is 0. The second-order valence-corrected chi connectivity index (χ2v) is 2.85. The summed E-state index contributed by atoms with van der Waals surface area (Å²) in [7, 11) is 0. The number of ether oxygens (including phenoxy) is 2. The van der Waals surface area contributed by atoms with Crippen molar-refractivity contribution in [2.45, 2.75) is 19.1 Å². The van der Waals surface area contributed by atoms with Crippen LogP contribution in [0.2, 0.25) is 0 Å². The fourth-order valence-corrected chi connectivity index (χ4v) is 1.39. The number of aryl methyl sites for hydroxylation is 1. The Kier molecular flexibility index (Phi) is 4.56. The van der Waals surface area contributed by atoms with Gasteiger partial charge in [0, 0.05) is 12.2 Å². The third-order valence-electron chi connectivity index (χ3n) is 2.02. The number of benzene rings is 1. The van der Waals surface area contributed by atoms with E-state index in [-0.39, 0.29) is 32.7 Å². The van der Waals surface area contributed by atoms with Crippen LogP contribution in [0.3, 0.4) is 0 Å². The van der Waals surface area contributed by atoms with Gasteiger partial charge in [-0.1, -0.05) is 6.42 Å². The zero-order valence-corrected chi connectivity index (χ0v) is 10.4. The fraction of sp³-hybridized carbons (Fsp3) is 0.300. The van der Waals surface area contributed by atoms with Crippen molar-refractivity contribution in [3.63, 3.8) is 0 Å². The van der Waals surface area contributed by atoms with Crippen LogP contribution >= 0.6 is 0 Å². The molecule has 1 aromatic carbocycles. The molecule has 0 amide bonds. The molecule has 2 rings (SSSR count). The van der Waals surface area contributed by atoms with Gasteiger partial charge in [-0.05, 0) is 0 Å². The summed E-state index contributed by atoms with van der Waals surface area (Å²) in [5.41, 5.74) is 1.12. The van der Waals surface area contributed by atoms with Crippen LogP contribution in [-0.2, 0) is 48.7 Å². The molecule has 1 heterocycles. The van der Waals surface area contributed by atoms with Crippen molar-refractivity contribution >= 4 is 6.47 Å². The summed E-state index contributed by atoms with van der Waals surface area (Å²) in [6.07, 6.45) is 1.15. The molecule has 1 aliphatic rings. The van der Waals surface area contributed by atoms with Gasteiger partial charge < -0.3 is 9.47 Å². The Labute approximate surface area is 108 Å². The average Bonchev–Trinajstić information content (AvgIpc) is 2.18. The Hall–Kier alpha value is -0.406. The van der Waals surface area contributed by atoms with E-state index in [0.29, 0.717) is 12.9 Å². The Morgan fingerprint density at radius 1 is 1.64 bits per heavy atom. The first-order chi connectivity index (χ1) is 6.40. The van der Waals surface area contributed by atoms with E-state index < -0.39 is 6.29 Å². The standard InChI is InChI=1S/C10H9O3.Y/c11-7-12-10-6-5-8-3-1-2-4-9(8)13-10;/h2-4,7,10H,5-6H2;/q-1;+3. The van der Waals surface area contributed by atoms with Crippen LogP contribution in [0, 0.1) is 6.07 Å². The van der Waals surface area contributed by atoms with Gasteiger partial charge >= 0.3 is 32.7 Å². The van der Waals surface area contributed by atoms with Crippen molar-refractivity contribution < 1.29 is 47.0 Å². The van der Waals surface area contributed by atoms with Crippen LogP contribution in [0.25, 0.3) is 0 Å². The van der Waals surface area contributed by atoms with E-state index >= 15 is 0 Å². The quantitative estimate of drug-likeness (QED) is 0.598. The zero-order chi connectivity index (χ0) is 9.10. The van der Waals surface area contributed by atoms with Gasteiger partial charge in [0.15, 0.2) is 0 Å². The predicted octanol–water partition coefficient (Wildman–Crippen LogP) is 1.31. The van der Waals surface area contributed by atoms with E-state index in [2.05, 4.69) is 6.07 Å². The number of rotatable bonds is 2. The van der Waals surface area contributed by atoms with E-state index in [9.17, 15) is 4.79 Å². The molecule has 0 aromatic heterocycles. The molecule has 0 aliphatic carbocycles. The summed E-state index contributed by atoms with van der Waals surface area (Å²) in [6.45, 7) is 0.421. The number of hydrogen-bond donors (Lipinski definition) is 0. The molecule has 0 bridgehead atoms. The van der Waals surface area contributed by atoms with Crippen LogP contribution in [0.5, 0.6) is 5.75 Å². The molecule has 1 unspecified atom stereocenters. The predicted molar refractivity (Wildman–Crippen MR) is 45.2 cm³/mol. The minimum Gasteiger partial charge on any atom is -0.480 e. The van der Waals surface area contributed by atoms with E-state index in [0.717, 1.165) is 17.7 Å². The number of hydrogen-bond acceptors (Lipinski definition) is 3. The summed E-state index contributed by atoms with van der Waals surface area (Å²) < 4.78 is 10.1. The van der Waals surface area contributed by atoms with Gasteiger partial charge in [0.25, 0.3) is 6.47 Å². The maximum Gasteiger partial charge on any atom is 3.00 e. The van der Waals surface area contributed by atoms with Crippen molar-refractivity contribution in [3.8, 4) is 5.75 Å². The molecule has 0 radical (unpaired) electrons. The van der Waals surface area contributed by atoms with Crippen molar-refractivity contribution in [1.82, 2.24) is 0 Å². The van der Waals surface area contributed by atoms with E-state index in [1.807, 2.05) is 12.1 Å². The van der Waals surface area contributed by atoms with Gasteiger partial charge in [-0.15, -0.1) is 11.6 Å². The monoisotopic (exact) mass is 266 g/mol. The molecular formula is C10H9O3Y+2. The normalized spacial score (nSPS) is 18.4. The summed E-state index contributed by atoms with van der Waals surface area (Å²) in [6, 6.07) is 8.48. The number of fused-ring (bicyclic) bond motifs is 1. The van der Waals surface area contributed by atoms with Crippen molar-refractivity contribution in [1.29, 1.82) is 0 Å². The maximum atomic E-state index is 10.1. The van der Waals surface area contributed by atoms with Gasteiger partial charge in [-0.2, -0.15) is 18.2 Å². The van der Waals surface area contributed by atoms with Crippen LogP contribution in [0.4, 0.5) is 0 Å². The second kappa shape index (κ2) is 5.47. The van der Waals surface area contributed by atoms with Crippen LogP contribution in [-0.4, -0.2) is 12.8 Å². The second-order valence-electron chi connectivity index (χ2n) is 2.85. The molecule has 1 aliphatic heterocycles. The van der Waals surface area contributed by atoms with Gasteiger partial charge in [0.1, 0.15) is 0 Å². The Morgan fingerprint density at radius 3 is 3.29 bits per heavy atom. The average molecular weight is 266 g/mol. The molecule has 0 spiro atoms. The van der Waals surface area contributed by atoms with Gasteiger partial charge in [-0.25, -0.2) is 0 Å². The molecule has 68 valence electrons. The molecule has 1 aromatic rings. The topological polar surface area (TPSA) is 35.5 Å². The Balaban J connectivity index is 0.000000980. The third kappa shape index (κ3) is 2.55. The first-order valence-electron chi connectivity index (χ1n) is 4.15. The molecule has 3 nitrogen and oxygen atoms in total. The third-order valence-corrected chi connectivity index (χ3v) is 2.02. The van der Waals surface area contributed by atoms with Crippen molar-refractivity contribution in [3.05, 3.63) is 29.8 Å². The van der Waals surface area contributed by atoms with Crippen LogP contribution in [0.1, 0.15) is 12.0 Å². The van der Waals surface area contributed by atoms with E-state index in [1.165, 1.54) is 0 Å². The maximum absolute atomic E-state index is 10.1. The molecule has 0 saturated heterocycles. The molecule has 0 N–H and O–H groups in total. The molecule has 14 heavy (non-hydrogen) atoms. The van der Waals surface area contributed by atoms with Crippen LogP contribution in [0.15, 0.2) is 18.2 Å². The molecule has 4 heteroatoms. The van der Waals surface area contributed by atoms with Crippen molar-refractivity contribution in [2.75, 3.05) is 0 Å². The summed E-state index contributed by atoms with van der Waals surface area (Å²) in [4.78, 5) is 10.1. The molecule has 0 fully saturated rings. The summed E-state index contributed by atoms with van der Waals surface area (Å²) in [5, 5.41) is 0. The van der Waals surface area contributed by atoms with Crippen molar-refractivity contribution in [2.24, 2.45) is 0 Å². The Bertz CT molecular complexity index is 314. The van der Waals surface area contributed by atoms with E-state index in [4.69, 9.17) is 9.47 Å². The number of carbonyl (C=O) groups excluding carboxylic acids is 1. The molecule has 0 saturated carbocycles. The van der Waals surface area contributed by atoms with Gasteiger partial charge in [0.2, 0.25) is 6.29 Å². The first kappa shape index (κ1) is 11.7. The minimum atomic E-state index is -0.424. The number of carbonyl (C=O) groups is 1. The first-order valence-corrected chi connectivity index (χ1v) is 4.15. The largest absolute Gasteiger partial charge is 3.00 e. The van der Waals surface area contributed by atoms with Gasteiger partial charge in [-0.3, -0.25) is 4.79 Å². The SMILES string of the molecule is O=COC1CCc2c[c-]ccc2O1.[Y+3]. The van der Waals surface area contributed by atoms with E-state index in [1.54, 1.807) is 6.07 Å². The molecular weight excluding hydrogens is 257 g/mol. The summed E-state index contributed by atoms with van der Waals surface area (Å²) >= 11 is 0. The Morgan fingerprint density at radius 2 is 2.50 bits per heavy atom. The van der Waals surface area contributed by atoms with Gasteiger partial charge in [0.05, 0.1) is 0 Å². The zero-order valence-electron chi connectivity index (χ0n) is 7.60. The summed E-state index contributed by atoms with van der Waals surface area (Å²) in [5.74, 6) is 0.789.